The van der Waals surface area contributed by atoms with Gasteiger partial charge in [-0.3, -0.25) is 4.79 Å². The van der Waals surface area contributed by atoms with Gasteiger partial charge < -0.3 is 14.5 Å². The summed E-state index contributed by atoms with van der Waals surface area (Å²) in [5, 5.41) is 10.8. The molecular weight excluding hydrogens is 376 g/mol. The van der Waals surface area contributed by atoms with Crippen molar-refractivity contribution in [3.05, 3.63) is 63.8 Å². The number of nitrogens with one attached hydrogen (secondary N) is 1. The summed E-state index contributed by atoms with van der Waals surface area (Å²) in [5.41, 5.74) is 2.66. The van der Waals surface area contributed by atoms with Crippen LogP contribution in [0.5, 0.6) is 11.5 Å². The van der Waals surface area contributed by atoms with Gasteiger partial charge in [-0.2, -0.15) is 5.26 Å². The molecule has 1 N–H and O–H groups in total. The number of aryl methyl sites for hydroxylation is 1. The number of H-pyrrole nitrogens is 1. The lowest BCUT2D eigenvalue weighted by Crippen LogP contribution is -2.03. The molecule has 0 unspecified atom stereocenters. The molecule has 0 bridgehead atoms. The Labute approximate surface area is 168 Å². The quantitative estimate of drug-likeness (QED) is 0.348. The molecule has 0 spiro atoms. The van der Waals surface area contributed by atoms with E-state index in [4.69, 9.17) is 21.1 Å². The van der Waals surface area contributed by atoms with Crippen molar-refractivity contribution in [1.29, 1.82) is 5.26 Å². The van der Waals surface area contributed by atoms with Crippen LogP contribution >= 0.6 is 11.6 Å². The number of aromatic nitrogens is 1. The minimum absolute atomic E-state index is 0.0107. The Bertz CT molecular complexity index is 1120. The van der Waals surface area contributed by atoms with E-state index in [0.717, 1.165) is 16.6 Å². The molecule has 6 heteroatoms. The van der Waals surface area contributed by atoms with E-state index < -0.39 is 0 Å². The van der Waals surface area contributed by atoms with Crippen LogP contribution < -0.4 is 9.47 Å². The van der Waals surface area contributed by atoms with Gasteiger partial charge in [0.05, 0.1) is 24.3 Å². The molecule has 0 aliphatic rings. The van der Waals surface area contributed by atoms with Crippen molar-refractivity contribution in [2.45, 2.75) is 13.8 Å². The number of carbonyl (C=O) groups is 1. The summed E-state index contributed by atoms with van der Waals surface area (Å²) in [4.78, 5) is 16.3. The van der Waals surface area contributed by atoms with Gasteiger partial charge in [-0.15, -0.1) is 0 Å². The third-order valence-corrected chi connectivity index (χ3v) is 4.61. The van der Waals surface area contributed by atoms with Crippen LogP contribution in [0.25, 0.3) is 17.0 Å². The number of allylic oxidation sites excluding steroid dienone is 1. The SMILES string of the molecule is CCOc1cc(/C=C(\C#N)C(=O)c2c(C)[nH]c3ccccc23)cc(Cl)c1OC. The number of aromatic amines is 1. The van der Waals surface area contributed by atoms with Gasteiger partial charge in [-0.25, -0.2) is 0 Å². The van der Waals surface area contributed by atoms with Crippen molar-refractivity contribution in [2.24, 2.45) is 0 Å². The van der Waals surface area contributed by atoms with E-state index in [1.54, 1.807) is 12.1 Å². The molecule has 0 saturated heterocycles. The molecule has 0 atom stereocenters. The molecule has 0 aliphatic carbocycles. The van der Waals surface area contributed by atoms with E-state index in [0.29, 0.717) is 34.3 Å². The largest absolute Gasteiger partial charge is 0.491 e. The maximum Gasteiger partial charge on any atom is 0.205 e. The summed E-state index contributed by atoms with van der Waals surface area (Å²) in [7, 11) is 1.50. The van der Waals surface area contributed by atoms with Gasteiger partial charge >= 0.3 is 0 Å². The second kappa shape index (κ2) is 8.20. The normalized spacial score (nSPS) is 11.3. The molecule has 0 saturated carbocycles. The smallest absolute Gasteiger partial charge is 0.205 e. The van der Waals surface area contributed by atoms with Crippen molar-refractivity contribution >= 4 is 34.4 Å². The monoisotopic (exact) mass is 394 g/mol. The second-order valence-corrected chi connectivity index (χ2v) is 6.54. The molecule has 0 fully saturated rings. The third-order valence-electron chi connectivity index (χ3n) is 4.33. The number of hydrogen-bond donors (Lipinski definition) is 1. The Hall–Kier alpha value is -3.23. The Kier molecular flexibility index (Phi) is 5.72. The summed E-state index contributed by atoms with van der Waals surface area (Å²) < 4.78 is 10.8. The van der Waals surface area contributed by atoms with Gasteiger partial charge in [0.1, 0.15) is 11.6 Å². The molecular formula is C22H19ClN2O3. The van der Waals surface area contributed by atoms with E-state index in [1.807, 2.05) is 44.2 Å². The van der Waals surface area contributed by atoms with E-state index in [9.17, 15) is 10.1 Å². The first-order chi connectivity index (χ1) is 13.5. The standard InChI is InChI=1S/C22H19ClN2O3/c1-4-28-19-11-14(10-17(23)22(19)27-3)9-15(12-24)21(26)20-13(2)25-18-8-6-5-7-16(18)20/h5-11,25H,4H2,1-3H3/b15-9+. The van der Waals surface area contributed by atoms with Gasteiger partial charge in [0.25, 0.3) is 0 Å². The van der Waals surface area contributed by atoms with Crippen molar-refractivity contribution in [2.75, 3.05) is 13.7 Å². The number of nitriles is 1. The number of rotatable bonds is 6. The van der Waals surface area contributed by atoms with Gasteiger partial charge in [-0.05, 0) is 43.7 Å². The Morgan fingerprint density at radius 3 is 2.75 bits per heavy atom. The third kappa shape index (κ3) is 3.60. The van der Waals surface area contributed by atoms with Crippen LogP contribution in [0.1, 0.15) is 28.5 Å². The van der Waals surface area contributed by atoms with Crippen LogP contribution in [0.4, 0.5) is 0 Å². The highest BCUT2D eigenvalue weighted by molar-refractivity contribution is 6.32. The minimum atomic E-state index is -0.345. The number of methoxy groups -OCH3 is 1. The van der Waals surface area contributed by atoms with Crippen LogP contribution in [0.2, 0.25) is 5.02 Å². The molecule has 142 valence electrons. The van der Waals surface area contributed by atoms with Gasteiger partial charge in [0.2, 0.25) is 5.78 Å². The number of ether oxygens (including phenoxy) is 2. The molecule has 0 radical (unpaired) electrons. The first-order valence-corrected chi connectivity index (χ1v) is 9.12. The zero-order chi connectivity index (χ0) is 20.3. The van der Waals surface area contributed by atoms with Crippen LogP contribution in [0.15, 0.2) is 42.0 Å². The molecule has 5 nitrogen and oxygen atoms in total. The average molecular weight is 395 g/mol. The Balaban J connectivity index is 2.08. The topological polar surface area (TPSA) is 75.1 Å². The predicted octanol–water partition coefficient (Wildman–Crippen LogP) is 5.33. The highest BCUT2D eigenvalue weighted by Crippen LogP contribution is 2.37. The second-order valence-electron chi connectivity index (χ2n) is 6.14. The molecule has 1 heterocycles. The number of halogens is 1. The minimum Gasteiger partial charge on any atom is -0.491 e. The van der Waals surface area contributed by atoms with Gasteiger partial charge in [-0.1, -0.05) is 29.8 Å². The predicted molar refractivity (Wildman–Crippen MR) is 110 cm³/mol. The zero-order valence-corrected chi connectivity index (χ0v) is 16.6. The molecule has 0 aliphatic heterocycles. The number of fused-ring (bicyclic) bond motifs is 1. The number of ketones is 1. The number of nitrogens with zero attached hydrogens (tertiary/aromatic N) is 1. The van der Waals surface area contributed by atoms with Crippen molar-refractivity contribution < 1.29 is 14.3 Å². The maximum atomic E-state index is 13.1. The van der Waals surface area contributed by atoms with Gasteiger partial charge in [0.15, 0.2) is 11.5 Å². The number of benzene rings is 2. The Morgan fingerprint density at radius 2 is 2.07 bits per heavy atom. The Morgan fingerprint density at radius 1 is 1.32 bits per heavy atom. The summed E-state index contributed by atoms with van der Waals surface area (Å²) in [5.74, 6) is 0.525. The van der Waals surface area contributed by atoms with Crippen LogP contribution in [0.3, 0.4) is 0 Å². The fourth-order valence-electron chi connectivity index (χ4n) is 3.15. The number of hydrogen-bond acceptors (Lipinski definition) is 4. The van der Waals surface area contributed by atoms with E-state index in [1.165, 1.54) is 13.2 Å². The lowest BCUT2D eigenvalue weighted by atomic mass is 9.99. The maximum absolute atomic E-state index is 13.1. The lowest BCUT2D eigenvalue weighted by molar-refractivity contribution is 0.104. The van der Waals surface area contributed by atoms with Crippen molar-refractivity contribution in [3.8, 4) is 17.6 Å². The average Bonchev–Trinajstić information content (AvgIpc) is 3.01. The zero-order valence-electron chi connectivity index (χ0n) is 15.8. The number of Topliss-reactive ketones (excluding diaryl/α,β-unsaturated/α-hetero) is 1. The van der Waals surface area contributed by atoms with E-state index >= 15 is 0 Å². The number of para-hydroxylation sites is 1. The molecule has 0 amide bonds. The molecule has 3 rings (SSSR count). The fourth-order valence-corrected chi connectivity index (χ4v) is 3.45. The summed E-state index contributed by atoms with van der Waals surface area (Å²) in [6.45, 7) is 4.10. The lowest BCUT2D eigenvalue weighted by Gasteiger charge is -2.12. The molecule has 1 aromatic heterocycles. The number of carbonyl (C=O) groups excluding carboxylic acids is 1. The van der Waals surface area contributed by atoms with Crippen LogP contribution in [-0.2, 0) is 0 Å². The van der Waals surface area contributed by atoms with Crippen molar-refractivity contribution in [1.82, 2.24) is 4.98 Å². The summed E-state index contributed by atoms with van der Waals surface area (Å²) in [6, 6.07) is 12.8. The van der Waals surface area contributed by atoms with E-state index in [-0.39, 0.29) is 11.4 Å². The van der Waals surface area contributed by atoms with Crippen molar-refractivity contribution in [3.63, 3.8) is 0 Å². The van der Waals surface area contributed by atoms with Crippen LogP contribution in [0, 0.1) is 18.3 Å². The first kappa shape index (κ1) is 19.5. The molecule has 28 heavy (non-hydrogen) atoms. The van der Waals surface area contributed by atoms with E-state index in [2.05, 4.69) is 4.98 Å². The highest BCUT2D eigenvalue weighted by Gasteiger charge is 2.20. The molecule has 2 aromatic carbocycles. The fraction of sp³-hybridized carbons (Fsp3) is 0.182. The summed E-state index contributed by atoms with van der Waals surface area (Å²) >= 11 is 6.27. The van der Waals surface area contributed by atoms with Gasteiger partial charge in [0, 0.05) is 16.6 Å². The first-order valence-electron chi connectivity index (χ1n) is 8.74. The molecule has 3 aromatic rings. The van der Waals surface area contributed by atoms with Crippen LogP contribution in [-0.4, -0.2) is 24.5 Å². The highest BCUT2D eigenvalue weighted by atomic mass is 35.5. The summed E-state index contributed by atoms with van der Waals surface area (Å²) in [6.07, 6.45) is 1.51.